The predicted octanol–water partition coefficient (Wildman–Crippen LogP) is 2.19. The molecule has 0 saturated heterocycles. The molecule has 0 aliphatic rings. The Morgan fingerprint density at radius 3 is 2.23 bits per heavy atom. The molecule has 0 aliphatic carbocycles. The minimum atomic E-state index is 0.550. The van der Waals surface area contributed by atoms with Gasteiger partial charge in [-0.15, -0.1) is 0 Å². The van der Waals surface area contributed by atoms with Gasteiger partial charge in [-0.1, -0.05) is 0 Å². The maximum absolute atomic E-state index is 4.08. The van der Waals surface area contributed by atoms with Gasteiger partial charge in [0.25, 0.3) is 5.95 Å². The lowest BCUT2D eigenvalue weighted by Gasteiger charge is -1.96. The van der Waals surface area contributed by atoms with Gasteiger partial charge in [0, 0.05) is 18.6 Å². The molecule has 0 saturated carbocycles. The second-order valence-corrected chi connectivity index (χ2v) is 4.14. The monoisotopic (exact) mass is 302 g/mol. The fourth-order valence-electron chi connectivity index (χ4n) is 0.834. The van der Waals surface area contributed by atoms with Crippen molar-refractivity contribution in [1.82, 2.24) is 19.7 Å². The first-order valence-electron chi connectivity index (χ1n) is 3.44. The van der Waals surface area contributed by atoms with E-state index in [9.17, 15) is 0 Å². The molecule has 6 heteroatoms. The molecule has 0 aliphatic heterocycles. The summed E-state index contributed by atoms with van der Waals surface area (Å²) in [4.78, 5) is 8.17. The van der Waals surface area contributed by atoms with Crippen molar-refractivity contribution in [2.24, 2.45) is 0 Å². The molecule has 0 bridgehead atoms. The van der Waals surface area contributed by atoms with Gasteiger partial charge in [-0.2, -0.15) is 5.10 Å². The van der Waals surface area contributed by atoms with Gasteiger partial charge >= 0.3 is 0 Å². The Kier molecular flexibility index (Phi) is 2.41. The lowest BCUT2D eigenvalue weighted by molar-refractivity contribution is 0.806. The van der Waals surface area contributed by atoms with Crippen molar-refractivity contribution in [3.05, 3.63) is 33.7 Å². The number of hydrogen-bond acceptors (Lipinski definition) is 3. The molecule has 13 heavy (non-hydrogen) atoms. The summed E-state index contributed by atoms with van der Waals surface area (Å²) >= 11 is 6.56. The lowest BCUT2D eigenvalue weighted by Crippen LogP contribution is -2.00. The van der Waals surface area contributed by atoms with Gasteiger partial charge in [-0.25, -0.2) is 14.6 Å². The largest absolute Gasteiger partial charge is 0.250 e. The van der Waals surface area contributed by atoms with E-state index >= 15 is 0 Å². The molecule has 0 unspecified atom stereocenters. The van der Waals surface area contributed by atoms with Crippen molar-refractivity contribution in [1.29, 1.82) is 0 Å². The number of hydrogen-bond donors (Lipinski definition) is 0. The van der Waals surface area contributed by atoms with Gasteiger partial charge in [-0.05, 0) is 31.9 Å². The molecular formula is C7H4Br2N4. The zero-order chi connectivity index (χ0) is 9.26. The third kappa shape index (κ3) is 1.94. The molecular weight excluding hydrogens is 300 g/mol. The number of nitrogens with zero attached hydrogens (tertiary/aromatic N) is 4. The fraction of sp³-hybridized carbons (Fsp3) is 0. The topological polar surface area (TPSA) is 43.6 Å². The van der Waals surface area contributed by atoms with E-state index in [4.69, 9.17) is 0 Å². The molecule has 66 valence electrons. The van der Waals surface area contributed by atoms with Gasteiger partial charge in [-0.3, -0.25) is 0 Å². The summed E-state index contributed by atoms with van der Waals surface area (Å²) < 4.78 is 3.35. The van der Waals surface area contributed by atoms with Gasteiger partial charge in [0.15, 0.2) is 0 Å². The molecule has 0 aromatic carbocycles. The lowest BCUT2D eigenvalue weighted by atomic mass is 10.7. The molecule has 2 rings (SSSR count). The van der Waals surface area contributed by atoms with E-state index in [0.29, 0.717) is 5.95 Å². The average Bonchev–Trinajstić information content (AvgIpc) is 2.53. The van der Waals surface area contributed by atoms with Gasteiger partial charge in [0.1, 0.15) is 0 Å². The van der Waals surface area contributed by atoms with Crippen LogP contribution in [-0.4, -0.2) is 19.7 Å². The first-order valence-corrected chi connectivity index (χ1v) is 5.02. The van der Waals surface area contributed by atoms with Crippen LogP contribution in [0.15, 0.2) is 33.7 Å². The second kappa shape index (κ2) is 3.55. The van der Waals surface area contributed by atoms with Gasteiger partial charge in [0.05, 0.1) is 15.1 Å². The Morgan fingerprint density at radius 1 is 1.00 bits per heavy atom. The molecule has 0 spiro atoms. The van der Waals surface area contributed by atoms with E-state index in [1.54, 1.807) is 29.5 Å². The van der Waals surface area contributed by atoms with Crippen molar-refractivity contribution >= 4 is 31.9 Å². The third-order valence-electron chi connectivity index (χ3n) is 1.36. The SMILES string of the molecule is Brc1cnc(-n2cc(Br)cn2)nc1. The maximum atomic E-state index is 4.08. The molecule has 2 heterocycles. The predicted molar refractivity (Wildman–Crippen MR) is 54.6 cm³/mol. The first-order chi connectivity index (χ1) is 6.25. The van der Waals surface area contributed by atoms with E-state index in [1.165, 1.54) is 0 Å². The van der Waals surface area contributed by atoms with E-state index in [1.807, 2.05) is 0 Å². The zero-order valence-electron chi connectivity index (χ0n) is 6.35. The summed E-state index contributed by atoms with van der Waals surface area (Å²) in [7, 11) is 0. The Hall–Kier alpha value is -0.750. The zero-order valence-corrected chi connectivity index (χ0v) is 9.53. The summed E-state index contributed by atoms with van der Waals surface area (Å²) in [5.74, 6) is 0.550. The van der Waals surface area contributed by atoms with Crippen molar-refractivity contribution in [2.75, 3.05) is 0 Å². The number of halogens is 2. The molecule has 0 radical (unpaired) electrons. The van der Waals surface area contributed by atoms with Crippen LogP contribution in [0.1, 0.15) is 0 Å². The highest BCUT2D eigenvalue weighted by Gasteiger charge is 2.00. The van der Waals surface area contributed by atoms with Crippen LogP contribution in [0.3, 0.4) is 0 Å². The molecule has 4 nitrogen and oxygen atoms in total. The Morgan fingerprint density at radius 2 is 1.69 bits per heavy atom. The molecule has 0 amide bonds. The Labute approximate surface area is 91.3 Å². The Bertz CT molecular complexity index is 409. The van der Waals surface area contributed by atoms with Crippen LogP contribution in [0.25, 0.3) is 5.95 Å². The maximum Gasteiger partial charge on any atom is 0.250 e. The van der Waals surface area contributed by atoms with Crippen LogP contribution in [-0.2, 0) is 0 Å². The van der Waals surface area contributed by atoms with E-state index in [-0.39, 0.29) is 0 Å². The minimum Gasteiger partial charge on any atom is -0.218 e. The van der Waals surface area contributed by atoms with Crippen LogP contribution in [0.5, 0.6) is 0 Å². The average molecular weight is 304 g/mol. The molecule has 0 N–H and O–H groups in total. The Balaban J connectivity index is 2.41. The summed E-state index contributed by atoms with van der Waals surface area (Å²) in [6.07, 6.45) is 6.84. The number of rotatable bonds is 1. The van der Waals surface area contributed by atoms with Crippen LogP contribution >= 0.6 is 31.9 Å². The van der Waals surface area contributed by atoms with Crippen molar-refractivity contribution < 1.29 is 0 Å². The van der Waals surface area contributed by atoms with Crippen molar-refractivity contribution in [2.45, 2.75) is 0 Å². The highest BCUT2D eigenvalue weighted by Crippen LogP contribution is 2.10. The van der Waals surface area contributed by atoms with Crippen LogP contribution < -0.4 is 0 Å². The second-order valence-electron chi connectivity index (χ2n) is 2.30. The summed E-state index contributed by atoms with van der Waals surface area (Å²) in [6, 6.07) is 0. The third-order valence-corrected chi connectivity index (χ3v) is 2.18. The minimum absolute atomic E-state index is 0.550. The van der Waals surface area contributed by atoms with Crippen LogP contribution in [0, 0.1) is 0 Å². The summed E-state index contributed by atoms with van der Waals surface area (Å²) in [5.41, 5.74) is 0. The van der Waals surface area contributed by atoms with Crippen LogP contribution in [0.2, 0.25) is 0 Å². The van der Waals surface area contributed by atoms with Crippen LogP contribution in [0.4, 0.5) is 0 Å². The summed E-state index contributed by atoms with van der Waals surface area (Å²) in [5, 5.41) is 4.05. The highest BCUT2D eigenvalue weighted by atomic mass is 79.9. The molecule has 0 fully saturated rings. The molecule has 2 aromatic rings. The van der Waals surface area contributed by atoms with E-state index in [0.717, 1.165) is 8.95 Å². The molecule has 2 aromatic heterocycles. The normalized spacial score (nSPS) is 10.3. The van der Waals surface area contributed by atoms with E-state index in [2.05, 4.69) is 46.9 Å². The summed E-state index contributed by atoms with van der Waals surface area (Å²) in [6.45, 7) is 0. The smallest absolute Gasteiger partial charge is 0.218 e. The molecule has 0 atom stereocenters. The van der Waals surface area contributed by atoms with Crippen molar-refractivity contribution in [3.8, 4) is 5.95 Å². The van der Waals surface area contributed by atoms with E-state index < -0.39 is 0 Å². The fourth-order valence-corrected chi connectivity index (χ4v) is 1.32. The van der Waals surface area contributed by atoms with Crippen molar-refractivity contribution in [3.63, 3.8) is 0 Å². The highest BCUT2D eigenvalue weighted by molar-refractivity contribution is 9.10. The van der Waals surface area contributed by atoms with Gasteiger partial charge in [0.2, 0.25) is 0 Å². The standard InChI is InChI=1S/C7H4Br2N4/c8-5-1-10-7(11-2-5)13-4-6(9)3-12-13/h1-4H. The quantitative estimate of drug-likeness (QED) is 0.811. The van der Waals surface area contributed by atoms with Gasteiger partial charge < -0.3 is 0 Å². The number of aromatic nitrogens is 4. The first kappa shape index (κ1) is 8.83.